The molecule has 2 aromatic rings. The van der Waals surface area contributed by atoms with Crippen LogP contribution in [0.3, 0.4) is 0 Å². The maximum absolute atomic E-state index is 12.3. The first-order valence-corrected chi connectivity index (χ1v) is 8.02. The molecule has 1 N–H and O–H groups in total. The van der Waals surface area contributed by atoms with Crippen molar-refractivity contribution in [3.63, 3.8) is 0 Å². The number of carbonyl (C=O) groups is 1. The fourth-order valence-electron chi connectivity index (χ4n) is 3.17. The van der Waals surface area contributed by atoms with Gasteiger partial charge in [0.2, 0.25) is 5.91 Å². The van der Waals surface area contributed by atoms with E-state index in [1.807, 2.05) is 36.1 Å². The van der Waals surface area contributed by atoms with Crippen molar-refractivity contribution < 1.29 is 14.4 Å². The van der Waals surface area contributed by atoms with Crippen LogP contribution in [0, 0.1) is 12.8 Å². The fourth-order valence-corrected chi connectivity index (χ4v) is 3.17. The van der Waals surface area contributed by atoms with Crippen molar-refractivity contribution in [2.75, 3.05) is 13.1 Å². The molecule has 1 aromatic heterocycles. The van der Waals surface area contributed by atoms with E-state index in [0.29, 0.717) is 11.7 Å². The Morgan fingerprint density at radius 1 is 1.39 bits per heavy atom. The number of hydrogen-bond acceptors (Lipinski definition) is 4. The van der Waals surface area contributed by atoms with Crippen molar-refractivity contribution in [3.05, 3.63) is 52.9 Å². The molecule has 1 atom stereocenters. The molecule has 122 valence electrons. The first-order valence-electron chi connectivity index (χ1n) is 8.02. The Hall–Kier alpha value is -2.14. The molecule has 0 spiro atoms. The Morgan fingerprint density at radius 2 is 2.22 bits per heavy atom. The standard InChI is InChI=1S/C18H22N2O3/c1-13-7-17(23-19-13)10-18(22)20-6-5-15(11-20)8-14-3-2-4-16(9-14)12-21/h2-4,7,9,15,21H,5-6,8,10-12H2,1H3/t15-/m0/s1. The van der Waals surface area contributed by atoms with Gasteiger partial charge >= 0.3 is 0 Å². The highest BCUT2D eigenvalue weighted by molar-refractivity contribution is 5.78. The second kappa shape index (κ2) is 6.96. The lowest BCUT2D eigenvalue weighted by Crippen LogP contribution is -2.30. The van der Waals surface area contributed by atoms with Crippen LogP contribution in [0.2, 0.25) is 0 Å². The van der Waals surface area contributed by atoms with Crippen molar-refractivity contribution in [1.29, 1.82) is 0 Å². The maximum Gasteiger partial charge on any atom is 0.230 e. The summed E-state index contributed by atoms with van der Waals surface area (Å²) in [6.07, 6.45) is 2.25. The van der Waals surface area contributed by atoms with E-state index in [-0.39, 0.29) is 18.9 Å². The Balaban J connectivity index is 1.54. The normalized spacial score (nSPS) is 17.7. The molecule has 5 nitrogen and oxygen atoms in total. The zero-order chi connectivity index (χ0) is 16.2. The Kier molecular flexibility index (Phi) is 4.76. The third-order valence-electron chi connectivity index (χ3n) is 4.34. The summed E-state index contributed by atoms with van der Waals surface area (Å²) in [4.78, 5) is 14.2. The lowest BCUT2D eigenvalue weighted by Gasteiger charge is -2.16. The summed E-state index contributed by atoms with van der Waals surface area (Å²) in [7, 11) is 0. The zero-order valence-corrected chi connectivity index (χ0v) is 13.4. The smallest absolute Gasteiger partial charge is 0.230 e. The van der Waals surface area contributed by atoms with E-state index in [1.165, 1.54) is 5.56 Å². The maximum atomic E-state index is 12.3. The minimum Gasteiger partial charge on any atom is -0.392 e. The van der Waals surface area contributed by atoms with Gasteiger partial charge in [0.25, 0.3) is 0 Å². The van der Waals surface area contributed by atoms with Gasteiger partial charge in [0, 0.05) is 19.2 Å². The van der Waals surface area contributed by atoms with Gasteiger partial charge in [0.05, 0.1) is 18.7 Å². The van der Waals surface area contributed by atoms with E-state index in [4.69, 9.17) is 4.52 Å². The van der Waals surface area contributed by atoms with Gasteiger partial charge in [-0.15, -0.1) is 0 Å². The number of likely N-dealkylation sites (tertiary alicyclic amines) is 1. The predicted octanol–water partition coefficient (Wildman–Crippen LogP) is 2.11. The summed E-state index contributed by atoms with van der Waals surface area (Å²) in [6.45, 7) is 3.51. The van der Waals surface area contributed by atoms with Gasteiger partial charge in [0.1, 0.15) is 5.76 Å². The summed E-state index contributed by atoms with van der Waals surface area (Å²) in [5.41, 5.74) is 2.96. The molecule has 5 heteroatoms. The monoisotopic (exact) mass is 314 g/mol. The van der Waals surface area contributed by atoms with E-state index in [1.54, 1.807) is 0 Å². The number of hydrogen-bond donors (Lipinski definition) is 1. The predicted molar refractivity (Wildman–Crippen MR) is 85.7 cm³/mol. The van der Waals surface area contributed by atoms with E-state index in [2.05, 4.69) is 11.2 Å². The van der Waals surface area contributed by atoms with Crippen LogP contribution in [-0.4, -0.2) is 34.2 Å². The minimum absolute atomic E-state index is 0.0692. The van der Waals surface area contributed by atoms with Crippen LogP contribution >= 0.6 is 0 Å². The minimum atomic E-state index is 0.0692. The number of nitrogens with zero attached hydrogens (tertiary/aromatic N) is 2. The molecule has 3 rings (SSSR count). The Bertz CT molecular complexity index is 680. The van der Waals surface area contributed by atoms with Crippen molar-refractivity contribution in [3.8, 4) is 0 Å². The van der Waals surface area contributed by atoms with E-state index >= 15 is 0 Å². The van der Waals surface area contributed by atoms with Crippen LogP contribution in [-0.2, 0) is 24.2 Å². The Labute approximate surface area is 135 Å². The molecular formula is C18H22N2O3. The summed E-state index contributed by atoms with van der Waals surface area (Å²) in [5.74, 6) is 1.21. The second-order valence-electron chi connectivity index (χ2n) is 6.29. The number of rotatable bonds is 5. The zero-order valence-electron chi connectivity index (χ0n) is 13.4. The highest BCUT2D eigenvalue weighted by Gasteiger charge is 2.27. The van der Waals surface area contributed by atoms with E-state index in [0.717, 1.165) is 37.2 Å². The molecule has 23 heavy (non-hydrogen) atoms. The number of carbonyl (C=O) groups excluding carboxylic acids is 1. The number of aromatic nitrogens is 1. The summed E-state index contributed by atoms with van der Waals surface area (Å²) in [6, 6.07) is 9.84. The van der Waals surface area contributed by atoms with Gasteiger partial charge in [-0.05, 0) is 36.8 Å². The summed E-state index contributed by atoms with van der Waals surface area (Å²) >= 11 is 0. The van der Waals surface area contributed by atoms with E-state index < -0.39 is 0 Å². The highest BCUT2D eigenvalue weighted by Crippen LogP contribution is 2.22. The molecule has 0 radical (unpaired) electrons. The van der Waals surface area contributed by atoms with Crippen molar-refractivity contribution in [2.24, 2.45) is 5.92 Å². The molecule has 0 saturated carbocycles. The van der Waals surface area contributed by atoms with Crippen LogP contribution < -0.4 is 0 Å². The molecule has 1 aliphatic rings. The van der Waals surface area contributed by atoms with E-state index in [9.17, 15) is 9.90 Å². The van der Waals surface area contributed by atoms with Gasteiger partial charge in [-0.1, -0.05) is 29.4 Å². The van der Waals surface area contributed by atoms with Crippen molar-refractivity contribution in [2.45, 2.75) is 32.8 Å². The third-order valence-corrected chi connectivity index (χ3v) is 4.34. The second-order valence-corrected chi connectivity index (χ2v) is 6.29. The first kappa shape index (κ1) is 15.7. The van der Waals surface area contributed by atoms with Gasteiger partial charge < -0.3 is 14.5 Å². The molecule has 0 unspecified atom stereocenters. The average molecular weight is 314 g/mol. The fraction of sp³-hybridized carbons (Fsp3) is 0.444. The SMILES string of the molecule is Cc1cc(CC(=O)N2CC[C@@H](Cc3cccc(CO)c3)C2)on1. The highest BCUT2D eigenvalue weighted by atomic mass is 16.5. The third kappa shape index (κ3) is 3.99. The molecule has 1 amide bonds. The van der Waals surface area contributed by atoms with Gasteiger partial charge in [-0.25, -0.2) is 0 Å². The molecule has 1 aromatic carbocycles. The van der Waals surface area contributed by atoms with Crippen LogP contribution in [0.1, 0.15) is 29.0 Å². The van der Waals surface area contributed by atoms with Gasteiger partial charge in [0.15, 0.2) is 0 Å². The molecule has 1 aliphatic heterocycles. The lowest BCUT2D eigenvalue weighted by molar-refractivity contribution is -0.129. The Morgan fingerprint density at radius 3 is 2.96 bits per heavy atom. The summed E-state index contributed by atoms with van der Waals surface area (Å²) < 4.78 is 5.12. The number of aryl methyl sites for hydroxylation is 1. The number of amides is 1. The van der Waals surface area contributed by atoms with Crippen LogP contribution in [0.25, 0.3) is 0 Å². The van der Waals surface area contributed by atoms with Crippen LogP contribution in [0.5, 0.6) is 0 Å². The van der Waals surface area contributed by atoms with Gasteiger partial charge in [-0.3, -0.25) is 4.79 Å². The number of aliphatic hydroxyl groups is 1. The van der Waals surface area contributed by atoms with Crippen LogP contribution in [0.15, 0.2) is 34.9 Å². The van der Waals surface area contributed by atoms with Crippen molar-refractivity contribution in [1.82, 2.24) is 10.1 Å². The van der Waals surface area contributed by atoms with Gasteiger partial charge in [-0.2, -0.15) is 0 Å². The topological polar surface area (TPSA) is 66.6 Å². The average Bonchev–Trinajstić information content (AvgIpc) is 3.17. The number of benzene rings is 1. The molecular weight excluding hydrogens is 292 g/mol. The first-order chi connectivity index (χ1) is 11.1. The molecule has 2 heterocycles. The molecule has 0 aliphatic carbocycles. The molecule has 0 bridgehead atoms. The molecule has 1 fully saturated rings. The van der Waals surface area contributed by atoms with Crippen LogP contribution in [0.4, 0.5) is 0 Å². The molecule has 1 saturated heterocycles. The quantitative estimate of drug-likeness (QED) is 0.918. The largest absolute Gasteiger partial charge is 0.392 e. The van der Waals surface area contributed by atoms with Crippen molar-refractivity contribution >= 4 is 5.91 Å². The summed E-state index contributed by atoms with van der Waals surface area (Å²) in [5, 5.41) is 13.0. The lowest BCUT2D eigenvalue weighted by atomic mass is 9.97. The number of aliphatic hydroxyl groups excluding tert-OH is 1.